The Kier molecular flexibility index (Phi) is 9.77. The van der Waals surface area contributed by atoms with Crippen LogP contribution in [-0.4, -0.2) is 56.8 Å². The smallest absolute Gasteiger partial charge is 0.188 e. The average molecular weight is 438 g/mol. The summed E-state index contributed by atoms with van der Waals surface area (Å²) in [7, 11) is 0. The van der Waals surface area contributed by atoms with E-state index in [1.165, 1.54) is 25.7 Å². The van der Waals surface area contributed by atoms with E-state index in [0.29, 0.717) is 11.4 Å². The predicted molar refractivity (Wildman–Crippen MR) is 108 cm³/mol. The quantitative estimate of drug-likeness (QED) is 0.290. The Bertz CT molecular complexity index is 347. The van der Waals surface area contributed by atoms with Gasteiger partial charge in [0, 0.05) is 26.2 Å². The van der Waals surface area contributed by atoms with Crippen molar-refractivity contribution in [2.75, 3.05) is 45.9 Å². The van der Waals surface area contributed by atoms with E-state index in [1.54, 1.807) is 0 Å². The molecule has 0 amide bonds. The first kappa shape index (κ1) is 21.0. The van der Waals surface area contributed by atoms with E-state index in [0.717, 1.165) is 58.3 Å². The number of hydrogen-bond donors (Lipinski definition) is 2. The van der Waals surface area contributed by atoms with Crippen LogP contribution in [0.5, 0.6) is 0 Å². The summed E-state index contributed by atoms with van der Waals surface area (Å²) < 4.78 is 5.35. The molecular weight excluding hydrogens is 403 g/mol. The van der Waals surface area contributed by atoms with E-state index in [-0.39, 0.29) is 24.0 Å². The fourth-order valence-corrected chi connectivity index (χ4v) is 3.27. The van der Waals surface area contributed by atoms with Gasteiger partial charge in [-0.15, -0.1) is 24.0 Å². The zero-order valence-corrected chi connectivity index (χ0v) is 17.2. The van der Waals surface area contributed by atoms with Gasteiger partial charge in [0.25, 0.3) is 0 Å². The van der Waals surface area contributed by atoms with Crippen molar-refractivity contribution in [1.29, 1.82) is 0 Å². The molecule has 3 N–H and O–H groups in total. The lowest BCUT2D eigenvalue weighted by atomic mass is 9.73. The molecule has 0 aromatic heterocycles. The molecule has 5 nitrogen and oxygen atoms in total. The largest absolute Gasteiger partial charge is 0.379 e. The van der Waals surface area contributed by atoms with Crippen LogP contribution in [0.3, 0.4) is 0 Å². The Morgan fingerprint density at radius 1 is 1.26 bits per heavy atom. The Labute approximate surface area is 158 Å². The van der Waals surface area contributed by atoms with Gasteiger partial charge in [0.15, 0.2) is 5.96 Å². The summed E-state index contributed by atoms with van der Waals surface area (Å²) >= 11 is 0. The number of aliphatic imine (C=N–C) groups is 1. The summed E-state index contributed by atoms with van der Waals surface area (Å²) in [4.78, 5) is 6.98. The molecule has 136 valence electrons. The molecule has 1 heterocycles. The fourth-order valence-electron chi connectivity index (χ4n) is 3.27. The summed E-state index contributed by atoms with van der Waals surface area (Å²) in [5.41, 5.74) is 6.50. The van der Waals surface area contributed by atoms with Crippen LogP contribution >= 0.6 is 24.0 Å². The molecule has 1 saturated heterocycles. The number of nitrogens with one attached hydrogen (secondary N) is 1. The molecule has 1 aliphatic carbocycles. The molecule has 0 aromatic carbocycles. The number of morpholine rings is 1. The van der Waals surface area contributed by atoms with Crippen molar-refractivity contribution in [2.24, 2.45) is 22.1 Å². The highest BCUT2D eigenvalue weighted by molar-refractivity contribution is 14.0. The molecule has 2 aliphatic rings. The lowest BCUT2D eigenvalue weighted by Crippen LogP contribution is -2.39. The SMILES string of the molecule is CC1(C)CCC(CN=C(N)NCCCN2CCOCC2)CC1.I. The van der Waals surface area contributed by atoms with Crippen molar-refractivity contribution in [3.05, 3.63) is 0 Å². The lowest BCUT2D eigenvalue weighted by Gasteiger charge is -2.33. The van der Waals surface area contributed by atoms with E-state index in [9.17, 15) is 0 Å². The summed E-state index contributed by atoms with van der Waals surface area (Å²) in [5.74, 6) is 1.34. The predicted octanol–water partition coefficient (Wildman–Crippen LogP) is 2.45. The van der Waals surface area contributed by atoms with Crippen LogP contribution < -0.4 is 11.1 Å². The molecule has 2 rings (SSSR count). The maximum absolute atomic E-state index is 5.97. The summed E-state index contributed by atoms with van der Waals surface area (Å²) in [6.45, 7) is 11.5. The second kappa shape index (κ2) is 10.7. The second-order valence-electron chi connectivity index (χ2n) is 7.57. The fraction of sp³-hybridized carbons (Fsp3) is 0.941. The van der Waals surface area contributed by atoms with Gasteiger partial charge in [-0.2, -0.15) is 0 Å². The Balaban J connectivity index is 0.00000264. The number of halogens is 1. The topological polar surface area (TPSA) is 62.9 Å². The van der Waals surface area contributed by atoms with Crippen LogP contribution in [0.1, 0.15) is 46.0 Å². The molecular formula is C17H35IN4O. The third kappa shape index (κ3) is 8.54. The van der Waals surface area contributed by atoms with Crippen LogP contribution in [0.2, 0.25) is 0 Å². The first-order valence-electron chi connectivity index (χ1n) is 8.89. The first-order valence-corrected chi connectivity index (χ1v) is 8.89. The van der Waals surface area contributed by atoms with Crippen molar-refractivity contribution < 1.29 is 4.74 Å². The van der Waals surface area contributed by atoms with Gasteiger partial charge in [0.1, 0.15) is 0 Å². The molecule has 0 unspecified atom stereocenters. The minimum Gasteiger partial charge on any atom is -0.379 e. The molecule has 0 atom stereocenters. The van der Waals surface area contributed by atoms with Gasteiger partial charge in [-0.1, -0.05) is 13.8 Å². The van der Waals surface area contributed by atoms with E-state index < -0.39 is 0 Å². The number of ether oxygens (including phenoxy) is 1. The Morgan fingerprint density at radius 3 is 2.57 bits per heavy atom. The number of nitrogens with zero attached hydrogens (tertiary/aromatic N) is 2. The minimum atomic E-state index is 0. The number of hydrogen-bond acceptors (Lipinski definition) is 3. The Hall–Kier alpha value is -0.0800. The summed E-state index contributed by atoms with van der Waals surface area (Å²) in [6.07, 6.45) is 6.33. The van der Waals surface area contributed by atoms with Crippen molar-refractivity contribution in [2.45, 2.75) is 46.0 Å². The second-order valence-corrected chi connectivity index (χ2v) is 7.57. The average Bonchev–Trinajstić information content (AvgIpc) is 2.51. The highest BCUT2D eigenvalue weighted by atomic mass is 127. The summed E-state index contributed by atoms with van der Waals surface area (Å²) in [5, 5.41) is 3.25. The molecule has 0 aromatic rings. The molecule has 6 heteroatoms. The number of rotatable bonds is 6. The number of nitrogens with two attached hydrogens (primary N) is 1. The van der Waals surface area contributed by atoms with Gasteiger partial charge in [-0.3, -0.25) is 9.89 Å². The monoisotopic (exact) mass is 438 g/mol. The zero-order chi connectivity index (χ0) is 15.8. The molecule has 0 spiro atoms. The third-order valence-corrected chi connectivity index (χ3v) is 5.04. The summed E-state index contributed by atoms with van der Waals surface area (Å²) in [6, 6.07) is 0. The molecule has 1 aliphatic heterocycles. The van der Waals surface area contributed by atoms with Crippen LogP contribution in [0, 0.1) is 11.3 Å². The first-order chi connectivity index (χ1) is 10.6. The molecule has 0 bridgehead atoms. The molecule has 23 heavy (non-hydrogen) atoms. The van der Waals surface area contributed by atoms with Crippen LogP contribution in [0.4, 0.5) is 0 Å². The van der Waals surface area contributed by atoms with Gasteiger partial charge in [-0.25, -0.2) is 0 Å². The van der Waals surface area contributed by atoms with E-state index >= 15 is 0 Å². The van der Waals surface area contributed by atoms with Crippen LogP contribution in [0.15, 0.2) is 4.99 Å². The maximum atomic E-state index is 5.97. The van der Waals surface area contributed by atoms with Crippen LogP contribution in [0.25, 0.3) is 0 Å². The van der Waals surface area contributed by atoms with Crippen LogP contribution in [-0.2, 0) is 4.74 Å². The molecule has 1 saturated carbocycles. The van der Waals surface area contributed by atoms with E-state index in [2.05, 4.69) is 29.1 Å². The van der Waals surface area contributed by atoms with Gasteiger partial charge in [-0.05, 0) is 50.0 Å². The van der Waals surface area contributed by atoms with Crippen molar-refractivity contribution >= 4 is 29.9 Å². The third-order valence-electron chi connectivity index (χ3n) is 5.04. The highest BCUT2D eigenvalue weighted by Crippen LogP contribution is 2.37. The lowest BCUT2D eigenvalue weighted by molar-refractivity contribution is 0.0376. The highest BCUT2D eigenvalue weighted by Gasteiger charge is 2.26. The van der Waals surface area contributed by atoms with Crippen molar-refractivity contribution in [3.63, 3.8) is 0 Å². The standard InChI is InChI=1S/C17H34N4O.HI/c1-17(2)6-4-15(5-7-17)14-20-16(18)19-8-3-9-21-10-12-22-13-11-21;/h15H,3-14H2,1-2H3,(H3,18,19,20);1H. The number of guanidine groups is 1. The normalized spacial score (nSPS) is 23.3. The minimum absolute atomic E-state index is 0. The van der Waals surface area contributed by atoms with Crippen molar-refractivity contribution in [1.82, 2.24) is 10.2 Å². The van der Waals surface area contributed by atoms with Crippen molar-refractivity contribution in [3.8, 4) is 0 Å². The molecule has 2 fully saturated rings. The van der Waals surface area contributed by atoms with E-state index in [4.69, 9.17) is 10.5 Å². The Morgan fingerprint density at radius 2 is 1.91 bits per heavy atom. The maximum Gasteiger partial charge on any atom is 0.188 e. The van der Waals surface area contributed by atoms with Gasteiger partial charge >= 0.3 is 0 Å². The van der Waals surface area contributed by atoms with Gasteiger partial charge in [0.05, 0.1) is 13.2 Å². The van der Waals surface area contributed by atoms with E-state index in [1.807, 2.05) is 0 Å². The van der Waals surface area contributed by atoms with Gasteiger partial charge in [0.2, 0.25) is 0 Å². The van der Waals surface area contributed by atoms with Gasteiger partial charge < -0.3 is 15.8 Å². The zero-order valence-electron chi connectivity index (χ0n) is 14.9. The molecule has 0 radical (unpaired) electrons.